The first-order chi connectivity index (χ1) is 13.0. The van der Waals surface area contributed by atoms with E-state index in [1.165, 1.54) is 6.42 Å². The van der Waals surface area contributed by atoms with Gasteiger partial charge in [0.15, 0.2) is 0 Å². The van der Waals surface area contributed by atoms with Crippen LogP contribution in [0.2, 0.25) is 5.02 Å². The molecule has 0 atom stereocenters. The number of hydrogen-bond donors (Lipinski definition) is 1. The van der Waals surface area contributed by atoms with Crippen LogP contribution in [0.1, 0.15) is 70.9 Å². The van der Waals surface area contributed by atoms with Crippen LogP contribution in [0.3, 0.4) is 0 Å². The highest BCUT2D eigenvalue weighted by Gasteiger charge is 2.58. The lowest BCUT2D eigenvalue weighted by Crippen LogP contribution is -2.55. The Kier molecular flexibility index (Phi) is 4.16. The monoisotopic (exact) mass is 402 g/mol. The molecule has 5 aliphatic rings. The van der Waals surface area contributed by atoms with Crippen LogP contribution >= 0.6 is 11.6 Å². The molecule has 1 aliphatic heterocycles. The molecule has 0 radical (unpaired) electrons. The zero-order chi connectivity index (χ0) is 20.1. The highest BCUT2D eigenvalue weighted by atomic mass is 35.5. The zero-order valence-corrected chi connectivity index (χ0v) is 18.5. The lowest BCUT2D eigenvalue weighted by atomic mass is 9.48. The van der Waals surface area contributed by atoms with Crippen molar-refractivity contribution in [1.29, 1.82) is 0 Å². The van der Waals surface area contributed by atoms with Crippen molar-refractivity contribution in [2.45, 2.75) is 83.5 Å². The molecule has 0 spiro atoms. The van der Waals surface area contributed by atoms with E-state index in [-0.39, 0.29) is 11.2 Å². The number of aliphatic hydroxyl groups is 1. The molecule has 4 aliphatic carbocycles. The lowest BCUT2D eigenvalue weighted by molar-refractivity contribution is -0.179. The van der Waals surface area contributed by atoms with Gasteiger partial charge in [-0.05, 0) is 102 Å². The summed E-state index contributed by atoms with van der Waals surface area (Å²) in [4.78, 5) is 0. The third kappa shape index (κ3) is 2.60. The number of aryl methyl sites for hydroxylation is 1. The van der Waals surface area contributed by atoms with E-state index >= 15 is 0 Å². The predicted molar refractivity (Wildman–Crippen MR) is 113 cm³/mol. The van der Waals surface area contributed by atoms with Crippen molar-refractivity contribution in [2.24, 2.45) is 23.7 Å². The largest absolute Gasteiger partial charge is 0.495 e. The molecule has 0 aromatic heterocycles. The quantitative estimate of drug-likeness (QED) is 0.735. The molecule has 5 fully saturated rings. The van der Waals surface area contributed by atoms with Gasteiger partial charge in [0.05, 0.1) is 16.8 Å². The minimum absolute atomic E-state index is 0.350. The molecule has 6 rings (SSSR count). The molecule has 4 bridgehead atoms. The average Bonchev–Trinajstić information content (AvgIpc) is 2.81. The summed E-state index contributed by atoms with van der Waals surface area (Å²) in [7, 11) is -0.426. The van der Waals surface area contributed by atoms with E-state index in [0.717, 1.165) is 54.1 Å². The SMILES string of the molecule is Cc1cc(C2(O)C3CC4CC(C3)CC2C4)c(Cl)cc1B1OC(C)(C)C(C)(C)O1. The van der Waals surface area contributed by atoms with Gasteiger partial charge in [-0.25, -0.2) is 0 Å². The molecule has 5 heteroatoms. The number of rotatable bonds is 2. The maximum Gasteiger partial charge on any atom is 0.495 e. The highest BCUT2D eigenvalue weighted by Crippen LogP contribution is 2.62. The molecular weight excluding hydrogens is 371 g/mol. The van der Waals surface area contributed by atoms with Crippen molar-refractivity contribution >= 4 is 24.2 Å². The van der Waals surface area contributed by atoms with E-state index in [9.17, 15) is 5.11 Å². The van der Waals surface area contributed by atoms with Crippen LogP contribution in [0.15, 0.2) is 12.1 Å². The maximum absolute atomic E-state index is 11.9. The molecule has 0 amide bonds. The maximum atomic E-state index is 11.9. The van der Waals surface area contributed by atoms with Gasteiger partial charge in [-0.3, -0.25) is 0 Å². The number of halogens is 1. The Morgan fingerprint density at radius 2 is 1.43 bits per heavy atom. The molecule has 0 unspecified atom stereocenters. The molecule has 152 valence electrons. The molecule has 1 heterocycles. The fourth-order valence-electron chi connectivity index (χ4n) is 6.57. The van der Waals surface area contributed by atoms with Gasteiger partial charge in [0.2, 0.25) is 0 Å². The van der Waals surface area contributed by atoms with Gasteiger partial charge in [0, 0.05) is 10.6 Å². The summed E-state index contributed by atoms with van der Waals surface area (Å²) in [5.74, 6) is 2.32. The van der Waals surface area contributed by atoms with Crippen LogP contribution in [0, 0.1) is 30.6 Å². The third-order valence-corrected chi connectivity index (χ3v) is 8.99. The summed E-state index contributed by atoms with van der Waals surface area (Å²) in [5, 5.41) is 12.6. The van der Waals surface area contributed by atoms with E-state index in [1.807, 2.05) is 6.07 Å². The van der Waals surface area contributed by atoms with E-state index in [0.29, 0.717) is 16.9 Å². The van der Waals surface area contributed by atoms with Crippen molar-refractivity contribution in [3.8, 4) is 0 Å². The minimum Gasteiger partial charge on any atom is -0.399 e. The molecule has 4 saturated carbocycles. The zero-order valence-electron chi connectivity index (χ0n) is 17.7. The van der Waals surface area contributed by atoms with E-state index in [1.54, 1.807) is 0 Å². The van der Waals surface area contributed by atoms with E-state index in [2.05, 4.69) is 40.7 Å². The first-order valence-corrected chi connectivity index (χ1v) is 11.3. The van der Waals surface area contributed by atoms with Crippen molar-refractivity contribution in [2.75, 3.05) is 0 Å². The van der Waals surface area contributed by atoms with Crippen LogP contribution in [0.4, 0.5) is 0 Å². The van der Waals surface area contributed by atoms with Crippen LogP contribution in [0.5, 0.6) is 0 Å². The van der Waals surface area contributed by atoms with Crippen LogP contribution in [0.25, 0.3) is 0 Å². The Morgan fingerprint density at radius 1 is 0.929 bits per heavy atom. The lowest BCUT2D eigenvalue weighted by Gasteiger charge is -2.59. The van der Waals surface area contributed by atoms with Crippen molar-refractivity contribution in [3.63, 3.8) is 0 Å². The summed E-state index contributed by atoms with van der Waals surface area (Å²) < 4.78 is 12.5. The summed E-state index contributed by atoms with van der Waals surface area (Å²) in [5.41, 5.74) is 1.45. The molecule has 1 N–H and O–H groups in total. The van der Waals surface area contributed by atoms with Gasteiger partial charge in [-0.2, -0.15) is 0 Å². The Balaban J connectivity index is 1.51. The Bertz CT molecular complexity index is 774. The molecule has 1 aromatic carbocycles. The predicted octanol–water partition coefficient (Wildman–Crippen LogP) is 4.59. The fraction of sp³-hybridized carbons (Fsp3) is 0.739. The first kappa shape index (κ1) is 19.4. The van der Waals surface area contributed by atoms with Gasteiger partial charge in [0.25, 0.3) is 0 Å². The first-order valence-electron chi connectivity index (χ1n) is 10.9. The Hall–Kier alpha value is -0.545. The fourth-order valence-corrected chi connectivity index (χ4v) is 6.89. The van der Waals surface area contributed by atoms with E-state index < -0.39 is 12.7 Å². The van der Waals surface area contributed by atoms with Gasteiger partial charge < -0.3 is 14.4 Å². The second kappa shape index (κ2) is 6.00. The van der Waals surface area contributed by atoms with Crippen molar-refractivity contribution in [1.82, 2.24) is 0 Å². The summed E-state index contributed by atoms with van der Waals surface area (Å²) in [6, 6.07) is 4.10. The second-order valence-corrected chi connectivity index (χ2v) is 11.3. The molecule has 3 nitrogen and oxygen atoms in total. The van der Waals surface area contributed by atoms with Gasteiger partial charge in [-0.15, -0.1) is 0 Å². The van der Waals surface area contributed by atoms with Gasteiger partial charge in [0.1, 0.15) is 0 Å². The van der Waals surface area contributed by atoms with Crippen LogP contribution < -0.4 is 5.46 Å². The third-order valence-electron chi connectivity index (χ3n) is 8.68. The highest BCUT2D eigenvalue weighted by molar-refractivity contribution is 6.63. The summed E-state index contributed by atoms with van der Waals surface area (Å²) in [6.07, 6.45) is 5.97. The standard InChI is InChI=1S/C23H32BClO3/c1-13-6-18(23(26)16-8-14-7-15(10-16)11-17(23)9-14)20(25)12-19(13)24-27-21(2,3)22(4,5)28-24/h6,12,14-17,26H,7-11H2,1-5H3. The van der Waals surface area contributed by atoms with Crippen LogP contribution in [-0.2, 0) is 14.9 Å². The summed E-state index contributed by atoms with van der Waals surface area (Å²) >= 11 is 6.83. The Labute approximate surface area is 174 Å². The summed E-state index contributed by atoms with van der Waals surface area (Å²) in [6.45, 7) is 10.3. The molecule has 1 saturated heterocycles. The minimum atomic E-state index is -0.774. The Morgan fingerprint density at radius 3 is 1.93 bits per heavy atom. The topological polar surface area (TPSA) is 38.7 Å². The molecule has 1 aromatic rings. The van der Waals surface area contributed by atoms with Crippen molar-refractivity contribution < 1.29 is 14.4 Å². The number of benzene rings is 1. The average molecular weight is 403 g/mol. The second-order valence-electron chi connectivity index (χ2n) is 10.9. The molecule has 28 heavy (non-hydrogen) atoms. The van der Waals surface area contributed by atoms with Crippen molar-refractivity contribution in [3.05, 3.63) is 28.3 Å². The smallest absolute Gasteiger partial charge is 0.399 e. The number of hydrogen-bond acceptors (Lipinski definition) is 3. The van der Waals surface area contributed by atoms with E-state index in [4.69, 9.17) is 20.9 Å². The van der Waals surface area contributed by atoms with Crippen LogP contribution in [-0.4, -0.2) is 23.4 Å². The normalized spacial score (nSPS) is 40.3. The molecular formula is C23H32BClO3. The van der Waals surface area contributed by atoms with Gasteiger partial charge >= 0.3 is 7.12 Å². The van der Waals surface area contributed by atoms with Gasteiger partial charge in [-0.1, -0.05) is 23.2 Å².